The Bertz CT molecular complexity index is 354. The molecule has 0 fully saturated rings. The van der Waals surface area contributed by atoms with Gasteiger partial charge in [-0.05, 0) is 57.0 Å². The zero-order valence-corrected chi connectivity index (χ0v) is 11.1. The van der Waals surface area contributed by atoms with E-state index in [9.17, 15) is 4.39 Å². The second-order valence-electron chi connectivity index (χ2n) is 4.50. The number of rotatable bonds is 6. The van der Waals surface area contributed by atoms with Crippen molar-refractivity contribution in [3.05, 3.63) is 35.1 Å². The SMILES string of the molecule is COC(C)C(C)NCCc1ccc(F)cc1C. The van der Waals surface area contributed by atoms with Gasteiger partial charge in [0.1, 0.15) is 5.82 Å². The van der Waals surface area contributed by atoms with E-state index in [4.69, 9.17) is 4.74 Å². The maximum atomic E-state index is 12.9. The lowest BCUT2D eigenvalue weighted by atomic mass is 10.1. The van der Waals surface area contributed by atoms with Crippen LogP contribution in [0.2, 0.25) is 0 Å². The molecule has 3 heteroatoms. The maximum absolute atomic E-state index is 12.9. The number of nitrogens with one attached hydrogen (secondary N) is 1. The number of methoxy groups -OCH3 is 1. The van der Waals surface area contributed by atoms with Crippen LogP contribution in [-0.4, -0.2) is 25.8 Å². The fourth-order valence-electron chi connectivity index (χ4n) is 1.74. The van der Waals surface area contributed by atoms with Crippen molar-refractivity contribution in [1.29, 1.82) is 0 Å². The lowest BCUT2D eigenvalue weighted by Gasteiger charge is -2.20. The van der Waals surface area contributed by atoms with Crippen molar-refractivity contribution < 1.29 is 9.13 Å². The Kier molecular flexibility index (Phi) is 5.59. The predicted octanol–water partition coefficient (Wildman–Crippen LogP) is 2.69. The van der Waals surface area contributed by atoms with Crippen LogP contribution in [0.3, 0.4) is 0 Å². The highest BCUT2D eigenvalue weighted by atomic mass is 19.1. The van der Waals surface area contributed by atoms with Crippen molar-refractivity contribution in [3.63, 3.8) is 0 Å². The monoisotopic (exact) mass is 239 g/mol. The van der Waals surface area contributed by atoms with Crippen molar-refractivity contribution >= 4 is 0 Å². The van der Waals surface area contributed by atoms with E-state index in [0.717, 1.165) is 18.5 Å². The van der Waals surface area contributed by atoms with E-state index < -0.39 is 0 Å². The number of aryl methyl sites for hydroxylation is 1. The van der Waals surface area contributed by atoms with Crippen LogP contribution in [0, 0.1) is 12.7 Å². The third kappa shape index (κ3) is 4.44. The molecule has 0 amide bonds. The summed E-state index contributed by atoms with van der Waals surface area (Å²) in [5.74, 6) is -0.166. The molecule has 1 aromatic carbocycles. The molecule has 2 atom stereocenters. The van der Waals surface area contributed by atoms with Gasteiger partial charge in [-0.1, -0.05) is 6.07 Å². The Labute approximate surface area is 103 Å². The normalized spacial score (nSPS) is 14.6. The number of hydrogen-bond acceptors (Lipinski definition) is 2. The number of halogens is 1. The van der Waals surface area contributed by atoms with Crippen LogP contribution in [0.15, 0.2) is 18.2 Å². The minimum atomic E-state index is -0.166. The van der Waals surface area contributed by atoms with Crippen LogP contribution in [0.4, 0.5) is 4.39 Å². The van der Waals surface area contributed by atoms with Gasteiger partial charge in [0.15, 0.2) is 0 Å². The van der Waals surface area contributed by atoms with Crippen molar-refractivity contribution in [2.24, 2.45) is 0 Å². The van der Waals surface area contributed by atoms with Gasteiger partial charge in [0.05, 0.1) is 6.10 Å². The van der Waals surface area contributed by atoms with Crippen LogP contribution < -0.4 is 5.32 Å². The third-order valence-corrected chi connectivity index (χ3v) is 3.24. The van der Waals surface area contributed by atoms with Crippen LogP contribution >= 0.6 is 0 Å². The van der Waals surface area contributed by atoms with Gasteiger partial charge in [-0.25, -0.2) is 4.39 Å². The first kappa shape index (κ1) is 14.1. The predicted molar refractivity (Wildman–Crippen MR) is 68.8 cm³/mol. The Morgan fingerprint density at radius 3 is 2.65 bits per heavy atom. The van der Waals surface area contributed by atoms with Gasteiger partial charge >= 0.3 is 0 Å². The Balaban J connectivity index is 2.40. The largest absolute Gasteiger partial charge is 0.380 e. The topological polar surface area (TPSA) is 21.3 Å². The third-order valence-electron chi connectivity index (χ3n) is 3.24. The van der Waals surface area contributed by atoms with E-state index in [1.807, 2.05) is 19.9 Å². The highest BCUT2D eigenvalue weighted by Gasteiger charge is 2.09. The molecule has 1 N–H and O–H groups in total. The molecule has 0 aromatic heterocycles. The molecule has 0 saturated carbocycles. The van der Waals surface area contributed by atoms with Crippen LogP contribution in [0.25, 0.3) is 0 Å². The van der Waals surface area contributed by atoms with E-state index >= 15 is 0 Å². The molecule has 96 valence electrons. The van der Waals surface area contributed by atoms with Crippen LogP contribution in [0.1, 0.15) is 25.0 Å². The molecule has 0 aliphatic heterocycles. The fraction of sp³-hybridized carbons (Fsp3) is 0.571. The summed E-state index contributed by atoms with van der Waals surface area (Å²) in [5, 5.41) is 3.40. The maximum Gasteiger partial charge on any atom is 0.123 e. The summed E-state index contributed by atoms with van der Waals surface area (Å²) < 4.78 is 18.2. The van der Waals surface area contributed by atoms with E-state index in [1.54, 1.807) is 13.2 Å². The van der Waals surface area contributed by atoms with Gasteiger partial charge in [-0.15, -0.1) is 0 Å². The molecule has 2 nitrogen and oxygen atoms in total. The van der Waals surface area contributed by atoms with Crippen molar-refractivity contribution in [1.82, 2.24) is 5.32 Å². The van der Waals surface area contributed by atoms with Gasteiger partial charge in [0.25, 0.3) is 0 Å². The van der Waals surface area contributed by atoms with E-state index in [1.165, 1.54) is 11.6 Å². The highest BCUT2D eigenvalue weighted by Crippen LogP contribution is 2.10. The first-order valence-electron chi connectivity index (χ1n) is 6.05. The summed E-state index contributed by atoms with van der Waals surface area (Å²) in [6.07, 6.45) is 1.11. The van der Waals surface area contributed by atoms with Gasteiger partial charge in [0, 0.05) is 13.2 Å². The van der Waals surface area contributed by atoms with Gasteiger partial charge < -0.3 is 10.1 Å². The molecular formula is C14H22FNO. The summed E-state index contributed by atoms with van der Waals surface area (Å²) >= 11 is 0. The Hall–Kier alpha value is -0.930. The second kappa shape index (κ2) is 6.72. The molecule has 0 aliphatic rings. The number of hydrogen-bond donors (Lipinski definition) is 1. The second-order valence-corrected chi connectivity index (χ2v) is 4.50. The summed E-state index contributed by atoms with van der Waals surface area (Å²) in [5.41, 5.74) is 2.20. The van der Waals surface area contributed by atoms with Gasteiger partial charge in [-0.2, -0.15) is 0 Å². The smallest absolute Gasteiger partial charge is 0.123 e. The summed E-state index contributed by atoms with van der Waals surface area (Å²) in [7, 11) is 1.72. The van der Waals surface area contributed by atoms with E-state index in [0.29, 0.717) is 6.04 Å². The molecule has 2 unspecified atom stereocenters. The summed E-state index contributed by atoms with van der Waals surface area (Å²) in [4.78, 5) is 0. The molecule has 0 spiro atoms. The van der Waals surface area contributed by atoms with Crippen molar-refractivity contribution in [2.75, 3.05) is 13.7 Å². The fourth-order valence-corrected chi connectivity index (χ4v) is 1.74. The van der Waals surface area contributed by atoms with Crippen LogP contribution in [0.5, 0.6) is 0 Å². The molecule has 1 rings (SSSR count). The minimum Gasteiger partial charge on any atom is -0.380 e. The lowest BCUT2D eigenvalue weighted by molar-refractivity contribution is 0.0890. The average molecular weight is 239 g/mol. The zero-order valence-electron chi connectivity index (χ0n) is 11.1. The van der Waals surface area contributed by atoms with Crippen molar-refractivity contribution in [2.45, 2.75) is 39.3 Å². The van der Waals surface area contributed by atoms with E-state index in [2.05, 4.69) is 12.2 Å². The molecule has 0 saturated heterocycles. The molecular weight excluding hydrogens is 217 g/mol. The number of benzene rings is 1. The first-order chi connectivity index (χ1) is 8.04. The molecule has 0 heterocycles. The van der Waals surface area contributed by atoms with Crippen LogP contribution in [-0.2, 0) is 11.2 Å². The standard InChI is InChI=1S/C14H22FNO/c1-10-9-14(15)6-5-13(10)7-8-16-11(2)12(3)17-4/h5-6,9,11-12,16H,7-8H2,1-4H3. The first-order valence-corrected chi connectivity index (χ1v) is 6.05. The molecule has 1 aromatic rings. The van der Waals surface area contributed by atoms with Gasteiger partial charge in [0.2, 0.25) is 0 Å². The Morgan fingerprint density at radius 1 is 1.35 bits per heavy atom. The Morgan fingerprint density at radius 2 is 2.06 bits per heavy atom. The van der Waals surface area contributed by atoms with Crippen molar-refractivity contribution in [3.8, 4) is 0 Å². The van der Waals surface area contributed by atoms with Gasteiger partial charge in [-0.3, -0.25) is 0 Å². The lowest BCUT2D eigenvalue weighted by Crippen LogP contribution is -2.37. The molecule has 0 aliphatic carbocycles. The minimum absolute atomic E-state index is 0.166. The summed E-state index contributed by atoms with van der Waals surface area (Å²) in [6, 6.07) is 5.28. The zero-order chi connectivity index (χ0) is 12.8. The molecule has 0 radical (unpaired) electrons. The summed E-state index contributed by atoms with van der Waals surface area (Å²) in [6.45, 7) is 6.97. The van der Waals surface area contributed by atoms with E-state index in [-0.39, 0.29) is 11.9 Å². The number of ether oxygens (including phenoxy) is 1. The molecule has 17 heavy (non-hydrogen) atoms. The average Bonchev–Trinajstić information content (AvgIpc) is 2.30. The quantitative estimate of drug-likeness (QED) is 0.824. The molecule has 0 bridgehead atoms. The highest BCUT2D eigenvalue weighted by molar-refractivity contribution is 5.26.